The van der Waals surface area contributed by atoms with Gasteiger partial charge in [-0.15, -0.1) is 10.2 Å². The summed E-state index contributed by atoms with van der Waals surface area (Å²) in [5.74, 6) is 1.58. The van der Waals surface area contributed by atoms with Gasteiger partial charge >= 0.3 is 0 Å². The highest BCUT2D eigenvalue weighted by Crippen LogP contribution is 2.17. The highest BCUT2D eigenvalue weighted by molar-refractivity contribution is 7.99. The summed E-state index contributed by atoms with van der Waals surface area (Å²) in [6, 6.07) is 0. The molecule has 1 heterocycles. The first-order chi connectivity index (χ1) is 6.33. The van der Waals surface area contributed by atoms with Gasteiger partial charge in [0.15, 0.2) is 0 Å². The normalized spacial score (nSPS) is 10.6. The summed E-state index contributed by atoms with van der Waals surface area (Å²) in [5, 5.41) is 16.8. The van der Waals surface area contributed by atoms with Crippen LogP contribution in [0.25, 0.3) is 0 Å². The number of aliphatic hydroxyl groups excluding tert-OH is 1. The molecule has 0 bridgehead atoms. The van der Waals surface area contributed by atoms with Crippen LogP contribution < -0.4 is 0 Å². The third-order valence-electron chi connectivity index (χ3n) is 1.54. The molecule has 0 saturated heterocycles. The van der Waals surface area contributed by atoms with Crippen molar-refractivity contribution in [1.29, 1.82) is 0 Å². The first kappa shape index (κ1) is 10.5. The van der Waals surface area contributed by atoms with Gasteiger partial charge in [-0.3, -0.25) is 0 Å². The topological polar surface area (TPSA) is 59.2 Å². The predicted molar refractivity (Wildman–Crippen MR) is 50.7 cm³/mol. The second-order valence-corrected chi connectivity index (χ2v) is 3.77. The maximum absolute atomic E-state index is 8.54. The minimum Gasteiger partial charge on any atom is -0.416 e. The molecule has 0 aliphatic heterocycles. The van der Waals surface area contributed by atoms with Gasteiger partial charge < -0.3 is 9.52 Å². The van der Waals surface area contributed by atoms with E-state index in [1.165, 1.54) is 0 Å². The standard InChI is InChI=1S/C8H14N2O2S/c1-7-9-10-8(12-7)13-6-4-2-3-5-11/h11H,2-6H2,1H3. The van der Waals surface area contributed by atoms with Crippen LogP contribution in [-0.4, -0.2) is 27.7 Å². The lowest BCUT2D eigenvalue weighted by atomic mass is 10.3. The van der Waals surface area contributed by atoms with Gasteiger partial charge in [0.1, 0.15) is 0 Å². The summed E-state index contributed by atoms with van der Waals surface area (Å²) in [4.78, 5) is 0. The summed E-state index contributed by atoms with van der Waals surface area (Å²) >= 11 is 1.57. The molecule has 1 rings (SSSR count). The first-order valence-electron chi connectivity index (χ1n) is 4.36. The van der Waals surface area contributed by atoms with Gasteiger partial charge in [-0.1, -0.05) is 18.2 Å². The number of aromatic nitrogens is 2. The van der Waals surface area contributed by atoms with Gasteiger partial charge in [-0.2, -0.15) is 0 Å². The number of hydrogen-bond donors (Lipinski definition) is 1. The zero-order valence-corrected chi connectivity index (χ0v) is 8.51. The number of unbranched alkanes of at least 4 members (excludes halogenated alkanes) is 2. The first-order valence-corrected chi connectivity index (χ1v) is 5.35. The molecular weight excluding hydrogens is 188 g/mol. The molecule has 1 N–H and O–H groups in total. The van der Waals surface area contributed by atoms with E-state index < -0.39 is 0 Å². The molecule has 1 aromatic rings. The fourth-order valence-electron chi connectivity index (χ4n) is 0.887. The molecule has 0 aliphatic rings. The third-order valence-corrected chi connectivity index (χ3v) is 2.44. The third kappa shape index (κ3) is 4.28. The van der Waals surface area contributed by atoms with Crippen molar-refractivity contribution >= 4 is 11.8 Å². The molecule has 0 atom stereocenters. The molecule has 1 aromatic heterocycles. The Kier molecular flexibility index (Phi) is 4.85. The maximum Gasteiger partial charge on any atom is 0.276 e. The molecule has 0 saturated carbocycles. The fourth-order valence-corrected chi connectivity index (χ4v) is 1.69. The van der Waals surface area contributed by atoms with E-state index in [1.54, 1.807) is 18.7 Å². The second kappa shape index (κ2) is 5.99. The summed E-state index contributed by atoms with van der Waals surface area (Å²) in [6.45, 7) is 2.06. The zero-order chi connectivity index (χ0) is 9.52. The van der Waals surface area contributed by atoms with Gasteiger partial charge in [0.2, 0.25) is 5.89 Å². The molecule has 13 heavy (non-hydrogen) atoms. The Morgan fingerprint density at radius 1 is 1.31 bits per heavy atom. The average Bonchev–Trinajstić information content (AvgIpc) is 2.51. The minimum absolute atomic E-state index is 0.282. The van der Waals surface area contributed by atoms with Gasteiger partial charge in [-0.25, -0.2) is 0 Å². The van der Waals surface area contributed by atoms with Gasteiger partial charge in [0.05, 0.1) is 0 Å². The Labute approximate surface area is 81.7 Å². The number of nitrogens with zero attached hydrogens (tertiary/aromatic N) is 2. The van der Waals surface area contributed by atoms with Crippen molar-refractivity contribution in [2.24, 2.45) is 0 Å². The summed E-state index contributed by atoms with van der Waals surface area (Å²) in [6.07, 6.45) is 3.01. The van der Waals surface area contributed by atoms with Crippen LogP contribution >= 0.6 is 11.8 Å². The van der Waals surface area contributed by atoms with Crippen molar-refractivity contribution in [3.8, 4) is 0 Å². The molecule has 0 unspecified atom stereocenters. The number of aryl methyl sites for hydroxylation is 1. The lowest BCUT2D eigenvalue weighted by Crippen LogP contribution is -1.85. The van der Waals surface area contributed by atoms with E-state index >= 15 is 0 Å². The van der Waals surface area contributed by atoms with E-state index in [0.717, 1.165) is 25.0 Å². The van der Waals surface area contributed by atoms with Crippen molar-refractivity contribution in [3.05, 3.63) is 5.89 Å². The highest BCUT2D eigenvalue weighted by Gasteiger charge is 2.01. The Balaban J connectivity index is 2.06. The number of thioether (sulfide) groups is 1. The predicted octanol–water partition coefficient (Wildman–Crippen LogP) is 1.63. The molecule has 0 spiro atoms. The van der Waals surface area contributed by atoms with Gasteiger partial charge in [0.25, 0.3) is 5.22 Å². The lowest BCUT2D eigenvalue weighted by Gasteiger charge is -1.95. The number of hydrogen-bond acceptors (Lipinski definition) is 5. The molecular formula is C8H14N2O2S. The van der Waals surface area contributed by atoms with Gasteiger partial charge in [-0.05, 0) is 12.8 Å². The number of aliphatic hydroxyl groups is 1. The van der Waals surface area contributed by atoms with E-state index in [9.17, 15) is 0 Å². The summed E-state index contributed by atoms with van der Waals surface area (Å²) in [5.41, 5.74) is 0. The zero-order valence-electron chi connectivity index (χ0n) is 7.69. The van der Waals surface area contributed by atoms with E-state index in [4.69, 9.17) is 9.52 Å². The molecule has 0 aromatic carbocycles. The molecule has 5 heteroatoms. The smallest absolute Gasteiger partial charge is 0.276 e. The molecule has 0 radical (unpaired) electrons. The van der Waals surface area contributed by atoms with Crippen molar-refractivity contribution in [2.75, 3.05) is 12.4 Å². The molecule has 0 fully saturated rings. The Bertz CT molecular complexity index is 240. The quantitative estimate of drug-likeness (QED) is 0.561. The molecule has 4 nitrogen and oxygen atoms in total. The van der Waals surface area contributed by atoms with Crippen LogP contribution in [0.15, 0.2) is 9.64 Å². The second-order valence-electron chi connectivity index (χ2n) is 2.72. The van der Waals surface area contributed by atoms with Crippen molar-refractivity contribution in [3.63, 3.8) is 0 Å². The SMILES string of the molecule is Cc1nnc(SCCCCCO)o1. The Morgan fingerprint density at radius 3 is 2.77 bits per heavy atom. The van der Waals surface area contributed by atoms with E-state index in [1.807, 2.05) is 0 Å². The fraction of sp³-hybridized carbons (Fsp3) is 0.750. The highest BCUT2D eigenvalue weighted by atomic mass is 32.2. The summed E-state index contributed by atoms with van der Waals surface area (Å²) < 4.78 is 5.18. The average molecular weight is 202 g/mol. The largest absolute Gasteiger partial charge is 0.416 e. The number of rotatable bonds is 6. The van der Waals surface area contributed by atoms with E-state index in [0.29, 0.717) is 11.1 Å². The van der Waals surface area contributed by atoms with Crippen molar-refractivity contribution in [2.45, 2.75) is 31.4 Å². The van der Waals surface area contributed by atoms with E-state index in [-0.39, 0.29) is 6.61 Å². The summed E-state index contributed by atoms with van der Waals surface area (Å²) in [7, 11) is 0. The Morgan fingerprint density at radius 2 is 2.15 bits per heavy atom. The van der Waals surface area contributed by atoms with Crippen LogP contribution in [0.2, 0.25) is 0 Å². The van der Waals surface area contributed by atoms with Crippen molar-refractivity contribution in [1.82, 2.24) is 10.2 Å². The van der Waals surface area contributed by atoms with Crippen LogP contribution in [-0.2, 0) is 0 Å². The van der Waals surface area contributed by atoms with Crippen LogP contribution in [0.5, 0.6) is 0 Å². The van der Waals surface area contributed by atoms with Gasteiger partial charge in [0, 0.05) is 19.3 Å². The maximum atomic E-state index is 8.54. The molecule has 0 amide bonds. The van der Waals surface area contributed by atoms with E-state index in [2.05, 4.69) is 10.2 Å². The minimum atomic E-state index is 0.282. The monoisotopic (exact) mass is 202 g/mol. The Hall–Kier alpha value is -0.550. The molecule has 0 aliphatic carbocycles. The van der Waals surface area contributed by atoms with Crippen molar-refractivity contribution < 1.29 is 9.52 Å². The lowest BCUT2D eigenvalue weighted by molar-refractivity contribution is 0.284. The van der Waals surface area contributed by atoms with Crippen LogP contribution in [0.1, 0.15) is 25.2 Å². The molecule has 74 valence electrons. The van der Waals surface area contributed by atoms with Crippen LogP contribution in [0, 0.1) is 6.92 Å². The van der Waals surface area contributed by atoms with Crippen LogP contribution in [0.4, 0.5) is 0 Å². The van der Waals surface area contributed by atoms with Crippen LogP contribution in [0.3, 0.4) is 0 Å².